The Morgan fingerprint density at radius 1 is 1.16 bits per heavy atom. The van der Waals surface area contributed by atoms with E-state index in [1.165, 1.54) is 14.0 Å². The van der Waals surface area contributed by atoms with Gasteiger partial charge in [-0.3, -0.25) is 9.59 Å². The number of esters is 1. The van der Waals surface area contributed by atoms with Gasteiger partial charge >= 0.3 is 5.97 Å². The molecule has 0 bridgehead atoms. The summed E-state index contributed by atoms with van der Waals surface area (Å²) in [7, 11) is 3.42. The van der Waals surface area contributed by atoms with Gasteiger partial charge < -0.3 is 18.8 Å². The number of benzene rings is 3. The fourth-order valence-electron chi connectivity index (χ4n) is 4.59. The molecule has 0 saturated heterocycles. The van der Waals surface area contributed by atoms with Crippen LogP contribution in [0.3, 0.4) is 0 Å². The van der Waals surface area contributed by atoms with Crippen LogP contribution in [-0.4, -0.2) is 23.2 Å². The van der Waals surface area contributed by atoms with Crippen molar-refractivity contribution in [3.8, 4) is 11.5 Å². The summed E-state index contributed by atoms with van der Waals surface area (Å²) in [5, 5.41) is 3.01. The molecule has 6 heteroatoms. The molecule has 32 heavy (non-hydrogen) atoms. The summed E-state index contributed by atoms with van der Waals surface area (Å²) in [6.45, 7) is 5.04. The molecular formula is C26H23NO5. The van der Waals surface area contributed by atoms with Crippen LogP contribution in [0.5, 0.6) is 11.5 Å². The van der Waals surface area contributed by atoms with E-state index in [1.807, 2.05) is 61.9 Å². The molecule has 162 valence electrons. The van der Waals surface area contributed by atoms with E-state index in [1.54, 1.807) is 6.07 Å². The van der Waals surface area contributed by atoms with Gasteiger partial charge in [0.15, 0.2) is 0 Å². The van der Waals surface area contributed by atoms with Gasteiger partial charge in [-0.15, -0.1) is 0 Å². The molecule has 6 nitrogen and oxygen atoms in total. The molecule has 0 aliphatic carbocycles. The van der Waals surface area contributed by atoms with E-state index in [0.29, 0.717) is 33.4 Å². The van der Waals surface area contributed by atoms with Crippen LogP contribution < -0.4 is 14.9 Å². The number of hydrogen-bond donors (Lipinski definition) is 0. The molecule has 0 amide bonds. The van der Waals surface area contributed by atoms with Crippen LogP contribution in [-0.2, 0) is 16.6 Å². The van der Waals surface area contributed by atoms with Gasteiger partial charge in [0, 0.05) is 25.4 Å². The fraction of sp³-hybridized carbons (Fsp3) is 0.269. The third-order valence-corrected chi connectivity index (χ3v) is 5.91. The lowest BCUT2D eigenvalue weighted by atomic mass is 9.89. The number of carbonyl (C=O) groups is 1. The first-order valence-corrected chi connectivity index (χ1v) is 10.4. The van der Waals surface area contributed by atoms with Crippen molar-refractivity contribution in [1.29, 1.82) is 0 Å². The Morgan fingerprint density at radius 3 is 2.50 bits per heavy atom. The minimum Gasteiger partial charge on any atom is -0.496 e. The number of aryl methyl sites for hydroxylation is 1. The SMILES string of the molecule is COc1cc2c(c3c1c(=O)c1cc4ccccc4cc1n3C)C(OC(C)=O)[C]C(C)(C)O2. The van der Waals surface area contributed by atoms with Gasteiger partial charge in [-0.1, -0.05) is 24.3 Å². The Morgan fingerprint density at radius 2 is 1.84 bits per heavy atom. The molecule has 3 aromatic carbocycles. The fourth-order valence-corrected chi connectivity index (χ4v) is 4.59. The number of carbonyl (C=O) groups excluding carboxylic acids is 1. The van der Waals surface area contributed by atoms with E-state index in [-0.39, 0.29) is 5.43 Å². The van der Waals surface area contributed by atoms with Crippen molar-refractivity contribution >= 4 is 38.5 Å². The molecule has 0 spiro atoms. The van der Waals surface area contributed by atoms with Gasteiger partial charge in [-0.2, -0.15) is 0 Å². The normalized spacial score (nSPS) is 17.2. The van der Waals surface area contributed by atoms with Gasteiger partial charge in [-0.25, -0.2) is 0 Å². The first-order valence-electron chi connectivity index (χ1n) is 10.4. The molecule has 0 saturated carbocycles. The van der Waals surface area contributed by atoms with E-state index in [4.69, 9.17) is 14.2 Å². The predicted octanol–water partition coefficient (Wildman–Crippen LogP) is 4.71. The van der Waals surface area contributed by atoms with Crippen LogP contribution in [0, 0.1) is 6.42 Å². The smallest absolute Gasteiger partial charge is 0.303 e. The van der Waals surface area contributed by atoms with Gasteiger partial charge in [0.25, 0.3) is 0 Å². The Balaban J connectivity index is 1.97. The zero-order valence-electron chi connectivity index (χ0n) is 18.6. The number of fused-ring (bicyclic) bond motifs is 5. The van der Waals surface area contributed by atoms with Gasteiger partial charge in [0.2, 0.25) is 5.43 Å². The molecule has 0 fully saturated rings. The first-order chi connectivity index (χ1) is 15.2. The highest BCUT2D eigenvalue weighted by atomic mass is 16.6. The number of hydrogen-bond acceptors (Lipinski definition) is 5. The maximum Gasteiger partial charge on any atom is 0.303 e. The minimum atomic E-state index is -0.794. The quantitative estimate of drug-likeness (QED) is 0.341. The molecule has 1 aliphatic rings. The van der Waals surface area contributed by atoms with Gasteiger partial charge in [0.1, 0.15) is 23.2 Å². The highest BCUT2D eigenvalue weighted by Gasteiger charge is 2.39. The molecule has 0 N–H and O–H groups in total. The number of aromatic nitrogens is 1. The minimum absolute atomic E-state index is 0.148. The molecule has 1 unspecified atom stereocenters. The summed E-state index contributed by atoms with van der Waals surface area (Å²) in [5.74, 6) is 0.472. The molecule has 2 heterocycles. The number of pyridine rings is 1. The molecule has 2 radical (unpaired) electrons. The van der Waals surface area contributed by atoms with E-state index in [0.717, 1.165) is 16.3 Å². The summed E-state index contributed by atoms with van der Waals surface area (Å²) in [6.07, 6.45) is 2.42. The van der Waals surface area contributed by atoms with Crippen LogP contribution >= 0.6 is 0 Å². The summed E-state index contributed by atoms with van der Waals surface area (Å²) >= 11 is 0. The third-order valence-electron chi connectivity index (χ3n) is 5.91. The average molecular weight is 429 g/mol. The predicted molar refractivity (Wildman–Crippen MR) is 123 cm³/mol. The molecule has 1 aromatic heterocycles. The van der Waals surface area contributed by atoms with E-state index < -0.39 is 17.7 Å². The Kier molecular flexibility index (Phi) is 4.45. The average Bonchev–Trinajstić information content (AvgIpc) is 2.74. The second-order valence-electron chi connectivity index (χ2n) is 8.57. The summed E-state index contributed by atoms with van der Waals surface area (Å²) in [5.41, 5.74) is 1.01. The number of ether oxygens (including phenoxy) is 3. The lowest BCUT2D eigenvalue weighted by Gasteiger charge is -2.37. The highest BCUT2D eigenvalue weighted by molar-refractivity contribution is 6.04. The van der Waals surface area contributed by atoms with Crippen LogP contribution in [0.2, 0.25) is 0 Å². The van der Waals surface area contributed by atoms with Crippen molar-refractivity contribution in [2.75, 3.05) is 7.11 Å². The molecule has 4 aromatic rings. The molecular weight excluding hydrogens is 406 g/mol. The number of methoxy groups -OCH3 is 1. The molecule has 1 atom stereocenters. The number of rotatable bonds is 2. The van der Waals surface area contributed by atoms with Crippen LogP contribution in [0.4, 0.5) is 0 Å². The second kappa shape index (κ2) is 6.99. The van der Waals surface area contributed by atoms with Crippen molar-refractivity contribution in [2.24, 2.45) is 7.05 Å². The van der Waals surface area contributed by atoms with Gasteiger partial charge in [0.05, 0.1) is 35.5 Å². The topological polar surface area (TPSA) is 66.8 Å². The second-order valence-corrected chi connectivity index (χ2v) is 8.57. The summed E-state index contributed by atoms with van der Waals surface area (Å²) in [4.78, 5) is 25.6. The summed E-state index contributed by atoms with van der Waals surface area (Å²) < 4.78 is 19.4. The lowest BCUT2D eigenvalue weighted by molar-refractivity contribution is -0.146. The zero-order valence-corrected chi connectivity index (χ0v) is 18.6. The van der Waals surface area contributed by atoms with Crippen molar-refractivity contribution in [3.63, 3.8) is 0 Å². The van der Waals surface area contributed by atoms with E-state index >= 15 is 0 Å². The highest BCUT2D eigenvalue weighted by Crippen LogP contribution is 2.47. The third kappa shape index (κ3) is 3.01. The van der Waals surface area contributed by atoms with Crippen molar-refractivity contribution in [3.05, 3.63) is 64.7 Å². The van der Waals surface area contributed by atoms with Crippen LogP contribution in [0.25, 0.3) is 32.6 Å². The Hall–Kier alpha value is -3.54. The van der Waals surface area contributed by atoms with E-state index in [2.05, 4.69) is 6.42 Å². The Labute approximate surface area is 185 Å². The monoisotopic (exact) mass is 429 g/mol. The zero-order chi connectivity index (χ0) is 22.8. The van der Waals surface area contributed by atoms with Crippen LogP contribution in [0.1, 0.15) is 32.4 Å². The molecule has 1 aliphatic heterocycles. The maximum atomic E-state index is 13.7. The number of nitrogens with zero attached hydrogens (tertiary/aromatic N) is 1. The maximum absolute atomic E-state index is 13.7. The summed E-state index contributed by atoms with van der Waals surface area (Å²) in [6, 6.07) is 13.5. The molecule has 5 rings (SSSR count). The Bertz CT molecular complexity index is 1480. The van der Waals surface area contributed by atoms with Crippen molar-refractivity contribution < 1.29 is 19.0 Å². The largest absolute Gasteiger partial charge is 0.496 e. The first kappa shape index (κ1) is 20.4. The lowest BCUT2D eigenvalue weighted by Crippen LogP contribution is -2.37. The van der Waals surface area contributed by atoms with Crippen LogP contribution in [0.15, 0.2) is 47.3 Å². The standard InChI is InChI=1S/C26H23NO5/c1-14(28)31-21-13-26(2,3)32-20-12-19(30-5)23-24(22(20)21)27(4)18-11-16-9-7-6-8-15(16)10-17(18)25(23)29/h6-12,21H,1-5H3. The van der Waals surface area contributed by atoms with Crippen molar-refractivity contribution in [1.82, 2.24) is 4.57 Å². The van der Waals surface area contributed by atoms with E-state index in [9.17, 15) is 9.59 Å². The van der Waals surface area contributed by atoms with Gasteiger partial charge in [-0.05, 0) is 36.8 Å². The van der Waals surface area contributed by atoms with Crippen molar-refractivity contribution in [2.45, 2.75) is 32.5 Å².